The molecule has 1 heterocycles. The summed E-state index contributed by atoms with van der Waals surface area (Å²) in [6, 6.07) is 0. The fourth-order valence-corrected chi connectivity index (χ4v) is 9.04. The third kappa shape index (κ3) is 39.9. The molecule has 12 nitrogen and oxygen atoms in total. The molecular weight excluding hydrogens is 925 g/mol. The first-order chi connectivity index (χ1) is 35.6. The van der Waals surface area contributed by atoms with Crippen LogP contribution >= 0.6 is 0 Å². The molecule has 1 aliphatic heterocycles. The van der Waals surface area contributed by atoms with Crippen molar-refractivity contribution in [1.82, 2.24) is 0 Å². The van der Waals surface area contributed by atoms with Crippen LogP contribution in [0.3, 0.4) is 0 Å². The van der Waals surface area contributed by atoms with Crippen molar-refractivity contribution >= 4 is 23.9 Å². The molecule has 0 saturated carbocycles. The Bertz CT molecular complexity index is 1410. The third-order valence-electron chi connectivity index (χ3n) is 13.7. The molecule has 0 aliphatic carbocycles. The van der Waals surface area contributed by atoms with Gasteiger partial charge in [-0.2, -0.15) is 0 Å². The van der Waals surface area contributed by atoms with Crippen LogP contribution in [-0.2, 0) is 42.9 Å². The molecule has 0 radical (unpaired) electrons. The van der Waals surface area contributed by atoms with Gasteiger partial charge in [0.1, 0.15) is 18.8 Å². The van der Waals surface area contributed by atoms with Gasteiger partial charge in [-0.1, -0.05) is 218 Å². The van der Waals surface area contributed by atoms with Gasteiger partial charge in [0.05, 0.1) is 6.61 Å². The fourth-order valence-electron chi connectivity index (χ4n) is 9.04. The number of esters is 3. The Morgan fingerprint density at radius 3 is 1.27 bits per heavy atom. The summed E-state index contributed by atoms with van der Waals surface area (Å²) in [5, 5.41) is 31.4. The summed E-state index contributed by atoms with van der Waals surface area (Å²) in [5.41, 5.74) is 0. The Morgan fingerprint density at radius 1 is 0.452 bits per heavy atom. The predicted octanol–water partition coefficient (Wildman–Crippen LogP) is 15.2. The Labute approximate surface area is 444 Å². The summed E-state index contributed by atoms with van der Waals surface area (Å²) in [6.07, 6.45) is 45.5. The lowest BCUT2D eigenvalue weighted by Gasteiger charge is -2.40. The minimum absolute atomic E-state index is 0.0534. The summed E-state index contributed by atoms with van der Waals surface area (Å²) in [4.78, 5) is 51.0. The van der Waals surface area contributed by atoms with Gasteiger partial charge in [-0.15, -0.1) is 0 Å². The van der Waals surface area contributed by atoms with Gasteiger partial charge >= 0.3 is 23.9 Å². The molecule has 1 rings (SSSR count). The minimum Gasteiger partial charge on any atom is -0.479 e. The molecule has 0 aromatic rings. The first-order valence-electron chi connectivity index (χ1n) is 30.0. The van der Waals surface area contributed by atoms with E-state index < -0.39 is 67.3 Å². The van der Waals surface area contributed by atoms with E-state index in [0.717, 1.165) is 89.9 Å². The fraction of sp³-hybridized carbons (Fsp3) is 0.836. The lowest BCUT2D eigenvalue weighted by molar-refractivity contribution is -0.301. The monoisotopic (exact) mass is 1030 g/mol. The van der Waals surface area contributed by atoms with Gasteiger partial charge in [-0.05, 0) is 77.0 Å². The lowest BCUT2D eigenvalue weighted by Crippen LogP contribution is -2.61. The Balaban J connectivity index is 2.62. The zero-order valence-corrected chi connectivity index (χ0v) is 46.6. The number of carbonyl (C=O) groups excluding carboxylic acids is 3. The van der Waals surface area contributed by atoms with Crippen LogP contribution in [0.2, 0.25) is 0 Å². The van der Waals surface area contributed by atoms with Crippen molar-refractivity contribution < 1.29 is 58.2 Å². The molecule has 3 N–H and O–H groups in total. The minimum atomic E-state index is -1.90. The highest BCUT2D eigenvalue weighted by atomic mass is 16.7. The van der Waals surface area contributed by atoms with Crippen molar-refractivity contribution in [3.05, 3.63) is 36.5 Å². The molecule has 0 bridgehead atoms. The van der Waals surface area contributed by atoms with Crippen LogP contribution in [-0.4, -0.2) is 89.2 Å². The quantitative estimate of drug-likeness (QED) is 0.0228. The Morgan fingerprint density at radius 2 is 0.822 bits per heavy atom. The molecule has 1 saturated heterocycles. The summed E-state index contributed by atoms with van der Waals surface area (Å²) < 4.78 is 28.4. The second-order valence-electron chi connectivity index (χ2n) is 20.6. The molecule has 0 amide bonds. The molecule has 424 valence electrons. The van der Waals surface area contributed by atoms with Crippen molar-refractivity contribution in [3.63, 3.8) is 0 Å². The number of allylic oxidation sites excluding steroid dienone is 6. The molecule has 6 atom stereocenters. The number of unbranched alkanes of at least 4 members (excludes halogenated alkanes) is 31. The van der Waals surface area contributed by atoms with Gasteiger partial charge in [0, 0.05) is 19.3 Å². The number of aliphatic carboxylic acids is 1. The molecular formula is C61H108O12. The number of ether oxygens (including phenoxy) is 5. The number of hydrogen-bond donors (Lipinski definition) is 3. The van der Waals surface area contributed by atoms with E-state index in [2.05, 4.69) is 57.2 Å². The van der Waals surface area contributed by atoms with E-state index in [4.69, 9.17) is 23.7 Å². The third-order valence-corrected chi connectivity index (χ3v) is 13.7. The van der Waals surface area contributed by atoms with Gasteiger partial charge in [0.25, 0.3) is 0 Å². The van der Waals surface area contributed by atoms with Crippen LogP contribution in [0.1, 0.15) is 278 Å². The van der Waals surface area contributed by atoms with Crippen LogP contribution in [0.25, 0.3) is 0 Å². The molecule has 1 aliphatic rings. The van der Waals surface area contributed by atoms with Crippen LogP contribution in [0, 0.1) is 0 Å². The SMILES string of the molecule is CCCCC/C=C\C/C=C\CCCCCCCCCCCC(=O)OCC(COC1OC(C(=O)O)C(O)C(O)C1OC(=O)CCCCCCC/C=C\CCCCCCCC)OC(=O)CCCCCCCCCCC. The van der Waals surface area contributed by atoms with E-state index in [-0.39, 0.29) is 25.9 Å². The topological polar surface area (TPSA) is 175 Å². The van der Waals surface area contributed by atoms with Crippen LogP contribution in [0.15, 0.2) is 36.5 Å². The highest BCUT2D eigenvalue weighted by molar-refractivity contribution is 5.74. The van der Waals surface area contributed by atoms with Gasteiger partial charge in [-0.3, -0.25) is 14.4 Å². The van der Waals surface area contributed by atoms with Crippen molar-refractivity contribution in [1.29, 1.82) is 0 Å². The standard InChI is InChI=1S/C61H108O12/c1-4-7-10-13-16-19-21-23-25-26-27-28-30-31-33-36-38-41-44-47-53(62)69-50-52(71-54(63)48-45-42-39-35-18-15-12-9-6-3)51-70-61-59(57(66)56(65)58(73-61)60(67)68)72-55(64)49-46-43-40-37-34-32-29-24-22-20-17-14-11-8-5-2/h16,19,23-25,29,52,56-59,61,65-66H,4-15,17-18,20-22,26-28,30-51H2,1-3H3,(H,67,68)/b19-16-,25-23-,29-24-. The molecule has 0 spiro atoms. The number of carbonyl (C=O) groups is 4. The summed E-state index contributed by atoms with van der Waals surface area (Å²) in [7, 11) is 0. The highest BCUT2D eigenvalue weighted by Gasteiger charge is 2.50. The zero-order chi connectivity index (χ0) is 53.3. The largest absolute Gasteiger partial charge is 0.479 e. The number of aliphatic hydroxyl groups is 2. The maximum absolute atomic E-state index is 13.1. The highest BCUT2D eigenvalue weighted by Crippen LogP contribution is 2.26. The summed E-state index contributed by atoms with van der Waals surface area (Å²) >= 11 is 0. The average molecular weight is 1030 g/mol. The first-order valence-corrected chi connectivity index (χ1v) is 30.0. The second kappa shape index (κ2) is 49.8. The predicted molar refractivity (Wildman–Crippen MR) is 294 cm³/mol. The molecule has 12 heteroatoms. The maximum atomic E-state index is 13.1. The summed E-state index contributed by atoms with van der Waals surface area (Å²) in [6.45, 7) is 5.95. The number of carboxylic acids is 1. The first kappa shape index (κ1) is 68.0. The molecule has 6 unspecified atom stereocenters. The van der Waals surface area contributed by atoms with E-state index in [1.54, 1.807) is 0 Å². The van der Waals surface area contributed by atoms with Gasteiger partial charge < -0.3 is 39.0 Å². The maximum Gasteiger partial charge on any atom is 0.335 e. The van der Waals surface area contributed by atoms with E-state index >= 15 is 0 Å². The van der Waals surface area contributed by atoms with Crippen LogP contribution < -0.4 is 0 Å². The van der Waals surface area contributed by atoms with E-state index in [0.29, 0.717) is 19.3 Å². The van der Waals surface area contributed by atoms with Crippen LogP contribution in [0.5, 0.6) is 0 Å². The second-order valence-corrected chi connectivity index (χ2v) is 20.6. The lowest BCUT2D eigenvalue weighted by atomic mass is 9.98. The number of rotatable bonds is 51. The zero-order valence-electron chi connectivity index (χ0n) is 46.6. The normalized spacial score (nSPS) is 18.5. The number of aliphatic hydroxyl groups excluding tert-OH is 2. The molecule has 0 aromatic heterocycles. The Kier molecular flexibility index (Phi) is 46.4. The molecule has 1 fully saturated rings. The van der Waals surface area contributed by atoms with Gasteiger partial charge in [-0.25, -0.2) is 4.79 Å². The average Bonchev–Trinajstić information content (AvgIpc) is 3.37. The van der Waals surface area contributed by atoms with Gasteiger partial charge in [0.15, 0.2) is 24.6 Å². The molecule has 73 heavy (non-hydrogen) atoms. The van der Waals surface area contributed by atoms with Crippen molar-refractivity contribution in [2.75, 3.05) is 13.2 Å². The molecule has 0 aromatic carbocycles. The van der Waals surface area contributed by atoms with Crippen molar-refractivity contribution in [2.45, 2.75) is 314 Å². The van der Waals surface area contributed by atoms with Crippen molar-refractivity contribution in [3.8, 4) is 0 Å². The van der Waals surface area contributed by atoms with Crippen LogP contribution in [0.4, 0.5) is 0 Å². The van der Waals surface area contributed by atoms with Crippen molar-refractivity contribution in [2.24, 2.45) is 0 Å². The number of carboxylic acid groups (broad SMARTS) is 1. The van der Waals surface area contributed by atoms with E-state index in [9.17, 15) is 34.5 Å². The smallest absolute Gasteiger partial charge is 0.335 e. The van der Waals surface area contributed by atoms with Gasteiger partial charge in [0.2, 0.25) is 0 Å². The van der Waals surface area contributed by atoms with E-state index in [1.807, 2.05) is 0 Å². The number of hydrogen-bond acceptors (Lipinski definition) is 11. The summed E-state index contributed by atoms with van der Waals surface area (Å²) in [5.74, 6) is -3.11. The Hall–Kier alpha value is -3.06. The van der Waals surface area contributed by atoms with E-state index in [1.165, 1.54) is 128 Å².